The fourth-order valence-corrected chi connectivity index (χ4v) is 4.26. The highest BCUT2D eigenvalue weighted by molar-refractivity contribution is 6.33. The molecule has 0 spiro atoms. The van der Waals surface area contributed by atoms with Crippen molar-refractivity contribution < 1.29 is 33.0 Å². The van der Waals surface area contributed by atoms with Crippen molar-refractivity contribution in [3.8, 4) is 28.6 Å². The number of benzene rings is 2. The molecule has 0 saturated heterocycles. The predicted octanol–water partition coefficient (Wildman–Crippen LogP) is 5.16. The number of rotatable bonds is 6. The third-order valence-electron chi connectivity index (χ3n) is 5.60. The molecule has 1 aliphatic carbocycles. The molecule has 1 saturated carbocycles. The van der Waals surface area contributed by atoms with Gasteiger partial charge in [0.15, 0.2) is 17.3 Å². The summed E-state index contributed by atoms with van der Waals surface area (Å²) < 4.78 is 27.5. The molecule has 0 N–H and O–H groups in total. The van der Waals surface area contributed by atoms with Crippen molar-refractivity contribution >= 4 is 34.5 Å². The van der Waals surface area contributed by atoms with Gasteiger partial charge in [0.2, 0.25) is 5.43 Å². The van der Waals surface area contributed by atoms with Crippen LogP contribution in [0.25, 0.3) is 22.3 Å². The van der Waals surface area contributed by atoms with Crippen molar-refractivity contribution in [3.63, 3.8) is 0 Å². The van der Waals surface area contributed by atoms with Crippen LogP contribution in [0.2, 0.25) is 5.02 Å². The summed E-state index contributed by atoms with van der Waals surface area (Å²) in [5.74, 6) is -0.381. The molecular weight excluding hydrogens is 464 g/mol. The van der Waals surface area contributed by atoms with Gasteiger partial charge >= 0.3 is 11.9 Å². The minimum Gasteiger partial charge on any atom is -0.493 e. The Hall–Kier alpha value is -3.52. The van der Waals surface area contributed by atoms with Gasteiger partial charge < -0.3 is 23.4 Å². The number of methoxy groups -OCH3 is 2. The van der Waals surface area contributed by atoms with E-state index in [0.29, 0.717) is 17.1 Å². The first kappa shape index (κ1) is 23.6. The highest BCUT2D eigenvalue weighted by Crippen LogP contribution is 2.39. The molecule has 2 aromatic carbocycles. The number of halogens is 1. The molecule has 1 aliphatic rings. The SMILES string of the molecule is COC(=O)c1cc(OC(C)=O)c2c(=O)c(Cl)c(-c3ccc(OC)c(OC4CCCC4)c3)oc2c1. The van der Waals surface area contributed by atoms with Crippen molar-refractivity contribution in [1.29, 1.82) is 0 Å². The van der Waals surface area contributed by atoms with Crippen molar-refractivity contribution in [2.45, 2.75) is 38.7 Å². The Kier molecular flexibility index (Phi) is 6.79. The summed E-state index contributed by atoms with van der Waals surface area (Å²) in [6.07, 6.45) is 4.19. The van der Waals surface area contributed by atoms with Gasteiger partial charge in [0.25, 0.3) is 0 Å². The lowest BCUT2D eigenvalue weighted by atomic mass is 10.1. The molecule has 0 atom stereocenters. The van der Waals surface area contributed by atoms with Crippen LogP contribution in [0, 0.1) is 0 Å². The van der Waals surface area contributed by atoms with Crippen LogP contribution in [0.3, 0.4) is 0 Å². The average molecular weight is 487 g/mol. The highest BCUT2D eigenvalue weighted by Gasteiger charge is 2.23. The Bertz CT molecular complexity index is 1320. The number of hydrogen-bond acceptors (Lipinski definition) is 8. The van der Waals surface area contributed by atoms with Crippen LogP contribution in [0.4, 0.5) is 0 Å². The fraction of sp³-hybridized carbons (Fsp3) is 0.320. The normalized spacial score (nSPS) is 13.6. The maximum atomic E-state index is 13.2. The Morgan fingerprint density at radius 3 is 2.41 bits per heavy atom. The Labute approximate surface area is 200 Å². The zero-order valence-corrected chi connectivity index (χ0v) is 19.7. The Morgan fingerprint density at radius 1 is 1.03 bits per heavy atom. The first-order chi connectivity index (χ1) is 16.3. The van der Waals surface area contributed by atoms with Gasteiger partial charge in [-0.25, -0.2) is 4.79 Å². The molecule has 1 aromatic heterocycles. The molecule has 0 aliphatic heterocycles. The summed E-state index contributed by atoms with van der Waals surface area (Å²) in [7, 11) is 2.76. The van der Waals surface area contributed by atoms with Crippen LogP contribution in [0.1, 0.15) is 43.0 Å². The summed E-state index contributed by atoms with van der Waals surface area (Å²) in [6.45, 7) is 1.18. The second kappa shape index (κ2) is 9.77. The van der Waals surface area contributed by atoms with Crippen LogP contribution in [0.15, 0.2) is 39.5 Å². The van der Waals surface area contributed by atoms with Gasteiger partial charge in [-0.3, -0.25) is 9.59 Å². The predicted molar refractivity (Wildman–Crippen MR) is 125 cm³/mol. The molecule has 8 nitrogen and oxygen atoms in total. The molecule has 3 aromatic rings. The molecule has 0 radical (unpaired) electrons. The number of carbonyl (C=O) groups excluding carboxylic acids is 2. The van der Waals surface area contributed by atoms with E-state index in [4.69, 9.17) is 35.0 Å². The molecule has 0 amide bonds. The lowest BCUT2D eigenvalue weighted by molar-refractivity contribution is -0.131. The Balaban J connectivity index is 1.89. The topological polar surface area (TPSA) is 101 Å². The molecule has 178 valence electrons. The maximum Gasteiger partial charge on any atom is 0.338 e. The van der Waals surface area contributed by atoms with Gasteiger partial charge in [-0.05, 0) is 56.0 Å². The molecular formula is C25H23ClO8. The molecule has 4 rings (SSSR count). The van der Waals surface area contributed by atoms with Crippen LogP contribution in [-0.2, 0) is 9.53 Å². The fourth-order valence-electron chi connectivity index (χ4n) is 4.01. The molecule has 1 fully saturated rings. The summed E-state index contributed by atoms with van der Waals surface area (Å²) >= 11 is 6.43. The zero-order valence-electron chi connectivity index (χ0n) is 18.9. The van der Waals surface area contributed by atoms with Crippen LogP contribution < -0.4 is 19.6 Å². The van der Waals surface area contributed by atoms with Gasteiger partial charge in [0, 0.05) is 12.5 Å². The van der Waals surface area contributed by atoms with E-state index in [9.17, 15) is 14.4 Å². The zero-order chi connectivity index (χ0) is 24.4. The van der Waals surface area contributed by atoms with E-state index in [1.807, 2.05) is 0 Å². The monoisotopic (exact) mass is 486 g/mol. The van der Waals surface area contributed by atoms with E-state index in [1.165, 1.54) is 26.2 Å². The smallest absolute Gasteiger partial charge is 0.338 e. The second-order valence-corrected chi connectivity index (χ2v) is 8.27. The van der Waals surface area contributed by atoms with Gasteiger partial charge in [0.05, 0.1) is 25.9 Å². The number of hydrogen-bond donors (Lipinski definition) is 0. The average Bonchev–Trinajstić information content (AvgIpc) is 3.33. The summed E-state index contributed by atoms with van der Waals surface area (Å²) in [5, 5.41) is -0.267. The number of esters is 2. The van der Waals surface area contributed by atoms with Gasteiger partial charge in [-0.15, -0.1) is 0 Å². The Morgan fingerprint density at radius 2 is 1.76 bits per heavy atom. The summed E-state index contributed by atoms with van der Waals surface area (Å²) in [6, 6.07) is 7.67. The molecule has 0 bridgehead atoms. The first-order valence-corrected chi connectivity index (χ1v) is 11.1. The van der Waals surface area contributed by atoms with Crippen molar-refractivity contribution in [2.75, 3.05) is 14.2 Å². The van der Waals surface area contributed by atoms with E-state index in [1.54, 1.807) is 25.3 Å². The number of carbonyl (C=O) groups is 2. The van der Waals surface area contributed by atoms with Gasteiger partial charge in [-0.2, -0.15) is 0 Å². The van der Waals surface area contributed by atoms with Gasteiger partial charge in [0.1, 0.15) is 21.7 Å². The standard InChI is InChI=1S/C25H23ClO8/c1-13(27)32-19-11-15(25(29)31-3)12-20-21(19)23(28)22(26)24(34-20)14-8-9-17(30-2)18(10-14)33-16-6-4-5-7-16/h8-12,16H,4-7H2,1-3H3. The third-order valence-corrected chi connectivity index (χ3v) is 5.94. The molecule has 9 heteroatoms. The van der Waals surface area contributed by atoms with Crippen LogP contribution >= 0.6 is 11.6 Å². The van der Waals surface area contributed by atoms with E-state index in [0.717, 1.165) is 25.7 Å². The van der Waals surface area contributed by atoms with E-state index in [2.05, 4.69) is 0 Å². The maximum absolute atomic E-state index is 13.2. The van der Waals surface area contributed by atoms with Gasteiger partial charge in [-0.1, -0.05) is 11.6 Å². The highest BCUT2D eigenvalue weighted by atomic mass is 35.5. The van der Waals surface area contributed by atoms with Crippen molar-refractivity contribution in [3.05, 3.63) is 51.1 Å². The quantitative estimate of drug-likeness (QED) is 0.348. The lowest BCUT2D eigenvalue weighted by Gasteiger charge is -2.17. The summed E-state index contributed by atoms with van der Waals surface area (Å²) in [4.78, 5) is 37.0. The van der Waals surface area contributed by atoms with Crippen molar-refractivity contribution in [1.82, 2.24) is 0 Å². The van der Waals surface area contributed by atoms with E-state index in [-0.39, 0.29) is 39.2 Å². The van der Waals surface area contributed by atoms with E-state index < -0.39 is 17.4 Å². The summed E-state index contributed by atoms with van der Waals surface area (Å²) in [5.41, 5.74) is -0.0738. The third kappa shape index (κ3) is 4.59. The van der Waals surface area contributed by atoms with Crippen molar-refractivity contribution in [2.24, 2.45) is 0 Å². The minimum absolute atomic E-state index is 0.0117. The molecule has 0 unspecified atom stereocenters. The number of fused-ring (bicyclic) bond motifs is 1. The minimum atomic E-state index is -0.689. The second-order valence-electron chi connectivity index (χ2n) is 7.90. The van der Waals surface area contributed by atoms with E-state index >= 15 is 0 Å². The van der Waals surface area contributed by atoms with Crippen LogP contribution in [-0.4, -0.2) is 32.3 Å². The first-order valence-electron chi connectivity index (χ1n) is 10.7. The number of ether oxygens (including phenoxy) is 4. The molecule has 34 heavy (non-hydrogen) atoms. The molecule has 1 heterocycles. The largest absolute Gasteiger partial charge is 0.493 e. The lowest BCUT2D eigenvalue weighted by Crippen LogP contribution is -2.12. The van der Waals surface area contributed by atoms with Crippen LogP contribution in [0.5, 0.6) is 17.2 Å².